The summed E-state index contributed by atoms with van der Waals surface area (Å²) in [6.07, 6.45) is -2.59. The minimum atomic E-state index is -4.46. The molecule has 1 aromatic carbocycles. The highest BCUT2D eigenvalue weighted by Crippen LogP contribution is 2.36. The first-order valence-corrected chi connectivity index (χ1v) is 7.09. The van der Waals surface area contributed by atoms with Gasteiger partial charge in [0.1, 0.15) is 0 Å². The third kappa shape index (κ3) is 3.84. The normalized spacial score (nSPS) is 16.6. The number of carbonyl (C=O) groups is 1. The predicted molar refractivity (Wildman–Crippen MR) is 77.4 cm³/mol. The number of anilines is 2. The molecule has 122 valence electrons. The number of esters is 1. The first kappa shape index (κ1) is 16.5. The first-order chi connectivity index (χ1) is 10.3. The Kier molecular flexibility index (Phi) is 4.83. The van der Waals surface area contributed by atoms with Crippen molar-refractivity contribution in [3.63, 3.8) is 0 Å². The lowest BCUT2D eigenvalue weighted by atomic mass is 9.93. The number of alkyl halides is 3. The largest absolute Gasteiger partial charge is 0.469 e. The van der Waals surface area contributed by atoms with E-state index in [9.17, 15) is 18.0 Å². The smallest absolute Gasteiger partial charge is 0.418 e. The van der Waals surface area contributed by atoms with Crippen molar-refractivity contribution < 1.29 is 22.7 Å². The van der Waals surface area contributed by atoms with Gasteiger partial charge in [-0.1, -0.05) is 0 Å². The van der Waals surface area contributed by atoms with Gasteiger partial charge in [-0.3, -0.25) is 4.79 Å². The number of nitrogen functional groups attached to an aromatic ring is 1. The number of benzene rings is 1. The maximum Gasteiger partial charge on any atom is 0.418 e. The van der Waals surface area contributed by atoms with Gasteiger partial charge in [0.15, 0.2) is 0 Å². The third-order valence-electron chi connectivity index (χ3n) is 4.00. The van der Waals surface area contributed by atoms with Crippen LogP contribution in [-0.4, -0.2) is 26.2 Å². The van der Waals surface area contributed by atoms with Crippen molar-refractivity contribution >= 4 is 17.3 Å². The predicted octanol–water partition coefficient (Wildman–Crippen LogP) is 3.07. The highest BCUT2D eigenvalue weighted by Gasteiger charge is 2.33. The van der Waals surface area contributed by atoms with Crippen molar-refractivity contribution in [3.8, 4) is 0 Å². The van der Waals surface area contributed by atoms with Crippen LogP contribution in [0.25, 0.3) is 0 Å². The Labute approximate surface area is 127 Å². The van der Waals surface area contributed by atoms with Gasteiger partial charge in [0, 0.05) is 30.9 Å². The Bertz CT molecular complexity index is 538. The van der Waals surface area contributed by atoms with E-state index in [2.05, 4.69) is 4.74 Å². The van der Waals surface area contributed by atoms with Gasteiger partial charge in [-0.2, -0.15) is 13.2 Å². The van der Waals surface area contributed by atoms with Crippen LogP contribution in [0.1, 0.15) is 24.8 Å². The second kappa shape index (κ2) is 6.46. The summed E-state index contributed by atoms with van der Waals surface area (Å²) < 4.78 is 43.3. The Morgan fingerprint density at radius 1 is 1.36 bits per heavy atom. The summed E-state index contributed by atoms with van der Waals surface area (Å²) in [7, 11) is 1.35. The van der Waals surface area contributed by atoms with Crippen molar-refractivity contribution in [2.24, 2.45) is 5.92 Å². The van der Waals surface area contributed by atoms with Crippen LogP contribution >= 0.6 is 0 Å². The summed E-state index contributed by atoms with van der Waals surface area (Å²) in [5.74, 6) is -0.0233. The van der Waals surface area contributed by atoms with E-state index in [4.69, 9.17) is 5.73 Å². The van der Waals surface area contributed by atoms with Gasteiger partial charge in [0.2, 0.25) is 0 Å². The molecule has 1 fully saturated rings. The summed E-state index contributed by atoms with van der Waals surface area (Å²) in [6, 6.07) is 3.99. The molecule has 0 aromatic heterocycles. The molecule has 22 heavy (non-hydrogen) atoms. The number of hydrogen-bond donors (Lipinski definition) is 1. The minimum absolute atomic E-state index is 0.222. The fraction of sp³-hybridized carbons (Fsp3) is 0.533. The zero-order valence-corrected chi connectivity index (χ0v) is 12.3. The monoisotopic (exact) mass is 316 g/mol. The highest BCUT2D eigenvalue weighted by molar-refractivity contribution is 5.69. The summed E-state index contributed by atoms with van der Waals surface area (Å²) in [5, 5.41) is 0. The summed E-state index contributed by atoms with van der Waals surface area (Å²) in [5.41, 5.74) is 4.85. The number of nitrogens with zero attached hydrogens (tertiary/aromatic N) is 1. The Morgan fingerprint density at radius 2 is 2.00 bits per heavy atom. The van der Waals surface area contributed by atoms with Crippen molar-refractivity contribution in [3.05, 3.63) is 23.8 Å². The first-order valence-electron chi connectivity index (χ1n) is 7.09. The van der Waals surface area contributed by atoms with Crippen molar-refractivity contribution in [2.75, 3.05) is 30.8 Å². The van der Waals surface area contributed by atoms with Crippen molar-refractivity contribution in [1.29, 1.82) is 0 Å². The fourth-order valence-corrected chi connectivity index (χ4v) is 2.70. The van der Waals surface area contributed by atoms with E-state index in [1.54, 1.807) is 6.07 Å². The molecule has 1 aromatic rings. The van der Waals surface area contributed by atoms with Crippen LogP contribution in [0.4, 0.5) is 24.5 Å². The van der Waals surface area contributed by atoms with Gasteiger partial charge in [0.25, 0.3) is 0 Å². The number of nitrogens with two attached hydrogens (primary N) is 1. The van der Waals surface area contributed by atoms with E-state index in [1.807, 2.05) is 4.90 Å². The van der Waals surface area contributed by atoms with E-state index in [0.717, 1.165) is 18.9 Å². The lowest BCUT2D eigenvalue weighted by Gasteiger charge is -2.33. The summed E-state index contributed by atoms with van der Waals surface area (Å²) in [4.78, 5) is 13.1. The number of halogens is 3. The van der Waals surface area contributed by atoms with Crippen LogP contribution in [0.2, 0.25) is 0 Å². The van der Waals surface area contributed by atoms with Crippen LogP contribution in [0.15, 0.2) is 18.2 Å². The van der Waals surface area contributed by atoms with E-state index in [1.165, 1.54) is 13.2 Å². The SMILES string of the molecule is COC(=O)CC1CCN(c2ccc(N)c(C(F)(F)F)c2)CC1. The average molecular weight is 316 g/mol. The Morgan fingerprint density at radius 3 is 2.55 bits per heavy atom. The standard InChI is InChI=1S/C15H19F3N2O2/c1-22-14(21)8-10-4-6-20(7-5-10)11-2-3-13(19)12(9-11)15(16,17)18/h2-3,9-10H,4-8,19H2,1H3. The minimum Gasteiger partial charge on any atom is -0.469 e. The van der Waals surface area contributed by atoms with Gasteiger partial charge >= 0.3 is 12.1 Å². The molecule has 0 saturated carbocycles. The second-order valence-corrected chi connectivity index (χ2v) is 5.48. The summed E-state index contributed by atoms with van der Waals surface area (Å²) >= 11 is 0. The highest BCUT2D eigenvalue weighted by atomic mass is 19.4. The van der Waals surface area contributed by atoms with E-state index in [-0.39, 0.29) is 17.6 Å². The average Bonchev–Trinajstić information content (AvgIpc) is 2.47. The molecule has 0 unspecified atom stereocenters. The Balaban J connectivity index is 2.04. The van der Waals surface area contributed by atoms with Gasteiger partial charge < -0.3 is 15.4 Å². The maximum absolute atomic E-state index is 12.9. The van der Waals surface area contributed by atoms with Gasteiger partial charge in [-0.25, -0.2) is 0 Å². The van der Waals surface area contributed by atoms with Crippen LogP contribution < -0.4 is 10.6 Å². The molecule has 4 nitrogen and oxygen atoms in total. The fourth-order valence-electron chi connectivity index (χ4n) is 2.70. The number of piperidine rings is 1. The van der Waals surface area contributed by atoms with Crippen molar-refractivity contribution in [2.45, 2.75) is 25.4 Å². The molecule has 1 saturated heterocycles. The second-order valence-electron chi connectivity index (χ2n) is 5.48. The molecular formula is C15H19F3N2O2. The lowest BCUT2D eigenvalue weighted by Crippen LogP contribution is -2.34. The van der Waals surface area contributed by atoms with E-state index < -0.39 is 11.7 Å². The number of ether oxygens (including phenoxy) is 1. The summed E-state index contributed by atoms with van der Waals surface area (Å²) in [6.45, 7) is 1.23. The van der Waals surface area contributed by atoms with Crippen LogP contribution in [-0.2, 0) is 15.7 Å². The molecule has 2 rings (SSSR count). The van der Waals surface area contributed by atoms with Gasteiger partial charge in [0.05, 0.1) is 12.7 Å². The van der Waals surface area contributed by atoms with Crippen molar-refractivity contribution in [1.82, 2.24) is 0 Å². The molecule has 0 aliphatic carbocycles. The molecule has 0 amide bonds. The molecule has 7 heteroatoms. The third-order valence-corrected chi connectivity index (χ3v) is 4.00. The van der Waals surface area contributed by atoms with Gasteiger partial charge in [-0.05, 0) is 37.0 Å². The zero-order valence-electron chi connectivity index (χ0n) is 12.3. The molecule has 2 N–H and O–H groups in total. The topological polar surface area (TPSA) is 55.6 Å². The molecule has 1 heterocycles. The molecule has 1 aliphatic rings. The zero-order chi connectivity index (χ0) is 16.3. The number of carbonyl (C=O) groups excluding carboxylic acids is 1. The maximum atomic E-state index is 12.9. The molecule has 1 aliphatic heterocycles. The molecular weight excluding hydrogens is 297 g/mol. The van der Waals surface area contributed by atoms with Gasteiger partial charge in [-0.15, -0.1) is 0 Å². The van der Waals surface area contributed by atoms with E-state index in [0.29, 0.717) is 25.2 Å². The number of rotatable bonds is 3. The molecule has 0 radical (unpaired) electrons. The Hall–Kier alpha value is -1.92. The number of methoxy groups -OCH3 is 1. The molecule has 0 bridgehead atoms. The quantitative estimate of drug-likeness (QED) is 0.688. The van der Waals surface area contributed by atoms with Crippen LogP contribution in [0.5, 0.6) is 0 Å². The number of hydrogen-bond acceptors (Lipinski definition) is 4. The van der Waals surface area contributed by atoms with Crippen LogP contribution in [0.3, 0.4) is 0 Å². The molecule has 0 spiro atoms. The lowest BCUT2D eigenvalue weighted by molar-refractivity contribution is -0.142. The molecule has 0 atom stereocenters. The van der Waals surface area contributed by atoms with Crippen LogP contribution in [0, 0.1) is 5.92 Å². The van der Waals surface area contributed by atoms with E-state index >= 15 is 0 Å².